The quantitative estimate of drug-likeness (QED) is 0.672. The average Bonchev–Trinajstić information content (AvgIpc) is 3.38. The molecule has 0 aliphatic carbocycles. The predicted octanol–water partition coefficient (Wildman–Crippen LogP) is 3.32. The van der Waals surface area contributed by atoms with Crippen LogP contribution in [0.5, 0.6) is 5.75 Å². The van der Waals surface area contributed by atoms with E-state index in [1.165, 1.54) is 29.1 Å². The molecule has 27 heavy (non-hydrogen) atoms. The number of ether oxygens (including phenoxy) is 1. The van der Waals surface area contributed by atoms with E-state index in [0.29, 0.717) is 6.04 Å². The van der Waals surface area contributed by atoms with Gasteiger partial charge in [0.2, 0.25) is 0 Å². The Morgan fingerprint density at radius 2 is 1.93 bits per heavy atom. The minimum absolute atomic E-state index is 0.358. The van der Waals surface area contributed by atoms with E-state index in [1.807, 2.05) is 36.3 Å². The number of hydrogen-bond donors (Lipinski definition) is 0. The fourth-order valence-electron chi connectivity index (χ4n) is 3.96. The number of imidazole rings is 1. The van der Waals surface area contributed by atoms with E-state index in [9.17, 15) is 0 Å². The predicted molar refractivity (Wildman–Crippen MR) is 105 cm³/mol. The molecule has 1 atom stereocenters. The molecule has 0 saturated carbocycles. The third-order valence-corrected chi connectivity index (χ3v) is 5.39. The Hall–Kier alpha value is -2.60. The normalized spacial score (nSPS) is 17.5. The summed E-state index contributed by atoms with van der Waals surface area (Å²) in [5.41, 5.74) is 3.72. The van der Waals surface area contributed by atoms with Gasteiger partial charge < -0.3 is 9.30 Å². The molecule has 1 aliphatic rings. The van der Waals surface area contributed by atoms with Crippen molar-refractivity contribution in [1.29, 1.82) is 0 Å². The van der Waals surface area contributed by atoms with Gasteiger partial charge in [-0.1, -0.05) is 12.1 Å². The van der Waals surface area contributed by atoms with Crippen molar-refractivity contribution in [2.24, 2.45) is 7.05 Å². The second kappa shape index (κ2) is 7.56. The standard InChI is InChI=1S/C21H27N5O/c1-16-11-22-21(26(16)15-17-6-8-19(27-3)9-7-17)20-5-4-10-25(20)14-18-12-23-24(2)13-18/h6-9,11-13,20H,4-5,10,14-15H2,1-3H3/t20-/m0/s1. The first-order valence-corrected chi connectivity index (χ1v) is 9.50. The van der Waals surface area contributed by atoms with E-state index in [1.54, 1.807) is 7.11 Å². The molecule has 1 saturated heterocycles. The monoisotopic (exact) mass is 365 g/mol. The van der Waals surface area contributed by atoms with Crippen LogP contribution in [-0.4, -0.2) is 37.9 Å². The maximum Gasteiger partial charge on any atom is 0.126 e. The summed E-state index contributed by atoms with van der Waals surface area (Å²) in [4.78, 5) is 7.33. The molecule has 1 aromatic carbocycles. The second-order valence-corrected chi connectivity index (χ2v) is 7.34. The summed E-state index contributed by atoms with van der Waals surface area (Å²) >= 11 is 0. The highest BCUT2D eigenvalue weighted by Crippen LogP contribution is 2.33. The van der Waals surface area contributed by atoms with Crippen LogP contribution in [0.3, 0.4) is 0 Å². The summed E-state index contributed by atoms with van der Waals surface area (Å²) in [5, 5.41) is 4.31. The molecule has 1 aliphatic heterocycles. The molecule has 0 N–H and O–H groups in total. The third-order valence-electron chi connectivity index (χ3n) is 5.39. The van der Waals surface area contributed by atoms with Crippen LogP contribution in [0.1, 0.15) is 41.5 Å². The third kappa shape index (κ3) is 3.76. The lowest BCUT2D eigenvalue weighted by Gasteiger charge is -2.24. The molecule has 4 rings (SSSR count). The van der Waals surface area contributed by atoms with Gasteiger partial charge in [-0.15, -0.1) is 0 Å². The summed E-state index contributed by atoms with van der Waals surface area (Å²) in [6.07, 6.45) is 8.42. The van der Waals surface area contributed by atoms with Gasteiger partial charge >= 0.3 is 0 Å². The Morgan fingerprint density at radius 3 is 2.63 bits per heavy atom. The van der Waals surface area contributed by atoms with E-state index >= 15 is 0 Å². The van der Waals surface area contributed by atoms with E-state index in [-0.39, 0.29) is 0 Å². The van der Waals surface area contributed by atoms with Gasteiger partial charge in [-0.3, -0.25) is 9.58 Å². The minimum atomic E-state index is 0.358. The number of rotatable bonds is 6. The first-order valence-electron chi connectivity index (χ1n) is 9.50. The number of aromatic nitrogens is 4. The van der Waals surface area contributed by atoms with Crippen molar-refractivity contribution < 1.29 is 4.74 Å². The zero-order chi connectivity index (χ0) is 18.8. The van der Waals surface area contributed by atoms with E-state index in [2.05, 4.69) is 39.8 Å². The van der Waals surface area contributed by atoms with Crippen LogP contribution >= 0.6 is 0 Å². The first-order chi connectivity index (χ1) is 13.1. The molecule has 0 radical (unpaired) electrons. The number of likely N-dealkylation sites (tertiary alicyclic amines) is 1. The van der Waals surface area contributed by atoms with Crippen molar-refractivity contribution in [3.8, 4) is 5.75 Å². The van der Waals surface area contributed by atoms with Crippen molar-refractivity contribution in [2.75, 3.05) is 13.7 Å². The summed E-state index contributed by atoms with van der Waals surface area (Å²) in [7, 11) is 3.67. The van der Waals surface area contributed by atoms with Crippen molar-refractivity contribution >= 4 is 0 Å². The Labute approximate surface area is 160 Å². The molecular weight excluding hydrogens is 338 g/mol. The van der Waals surface area contributed by atoms with Crippen LogP contribution in [0.2, 0.25) is 0 Å². The molecular formula is C21H27N5O. The Morgan fingerprint density at radius 1 is 1.11 bits per heavy atom. The van der Waals surface area contributed by atoms with Crippen molar-refractivity contribution in [2.45, 2.75) is 38.9 Å². The second-order valence-electron chi connectivity index (χ2n) is 7.34. The lowest BCUT2D eigenvalue weighted by molar-refractivity contribution is 0.235. The lowest BCUT2D eigenvalue weighted by atomic mass is 10.1. The van der Waals surface area contributed by atoms with Crippen LogP contribution < -0.4 is 4.74 Å². The summed E-state index contributed by atoms with van der Waals surface area (Å²) < 4.78 is 9.50. The highest BCUT2D eigenvalue weighted by Gasteiger charge is 2.30. The van der Waals surface area contributed by atoms with Crippen LogP contribution in [0.25, 0.3) is 0 Å². The molecule has 0 spiro atoms. The molecule has 142 valence electrons. The van der Waals surface area contributed by atoms with Crippen molar-refractivity contribution in [3.05, 3.63) is 65.5 Å². The summed E-state index contributed by atoms with van der Waals surface area (Å²) in [6.45, 7) is 5.00. The number of aryl methyl sites for hydroxylation is 2. The molecule has 3 heterocycles. The first kappa shape index (κ1) is 17.8. The molecule has 1 fully saturated rings. The van der Waals surface area contributed by atoms with Crippen LogP contribution in [0.4, 0.5) is 0 Å². The van der Waals surface area contributed by atoms with Gasteiger partial charge in [-0.2, -0.15) is 5.10 Å². The van der Waals surface area contributed by atoms with Crippen LogP contribution in [0, 0.1) is 6.92 Å². The Kier molecular flexibility index (Phi) is 4.99. The fraction of sp³-hybridized carbons (Fsp3) is 0.429. The van der Waals surface area contributed by atoms with E-state index < -0.39 is 0 Å². The highest BCUT2D eigenvalue weighted by molar-refractivity contribution is 5.28. The zero-order valence-electron chi connectivity index (χ0n) is 16.3. The smallest absolute Gasteiger partial charge is 0.126 e. The van der Waals surface area contributed by atoms with Crippen molar-refractivity contribution in [3.63, 3.8) is 0 Å². The number of hydrogen-bond acceptors (Lipinski definition) is 4. The molecule has 3 aromatic rings. The molecule has 6 heteroatoms. The van der Waals surface area contributed by atoms with Crippen LogP contribution in [-0.2, 0) is 20.1 Å². The van der Waals surface area contributed by atoms with Gasteiger partial charge in [-0.05, 0) is 44.0 Å². The van der Waals surface area contributed by atoms with Crippen molar-refractivity contribution in [1.82, 2.24) is 24.2 Å². The molecule has 0 unspecified atom stereocenters. The Balaban J connectivity index is 1.56. The number of benzene rings is 1. The maximum atomic E-state index is 5.27. The Bertz CT molecular complexity index is 896. The van der Waals surface area contributed by atoms with Gasteiger partial charge in [-0.25, -0.2) is 4.98 Å². The fourth-order valence-corrected chi connectivity index (χ4v) is 3.96. The molecule has 0 amide bonds. The van der Waals surface area contributed by atoms with Gasteiger partial charge in [0.1, 0.15) is 11.6 Å². The minimum Gasteiger partial charge on any atom is -0.497 e. The van der Waals surface area contributed by atoms with E-state index in [4.69, 9.17) is 9.72 Å². The highest BCUT2D eigenvalue weighted by atomic mass is 16.5. The number of nitrogens with zero attached hydrogens (tertiary/aromatic N) is 5. The topological polar surface area (TPSA) is 48.1 Å². The average molecular weight is 365 g/mol. The lowest BCUT2D eigenvalue weighted by Crippen LogP contribution is -2.25. The summed E-state index contributed by atoms with van der Waals surface area (Å²) in [5.74, 6) is 2.06. The SMILES string of the molecule is COc1ccc(Cn2c(C)cnc2[C@@H]2CCCN2Cc2cnn(C)c2)cc1. The van der Waals surface area contributed by atoms with Gasteiger partial charge in [0.05, 0.1) is 19.3 Å². The van der Waals surface area contributed by atoms with E-state index in [0.717, 1.165) is 31.8 Å². The van der Waals surface area contributed by atoms with Gasteiger partial charge in [0, 0.05) is 43.8 Å². The summed E-state index contributed by atoms with van der Waals surface area (Å²) in [6, 6.07) is 8.66. The largest absolute Gasteiger partial charge is 0.497 e. The zero-order valence-corrected chi connectivity index (χ0v) is 16.3. The van der Waals surface area contributed by atoms with Crippen LogP contribution in [0.15, 0.2) is 42.9 Å². The molecule has 2 aromatic heterocycles. The maximum absolute atomic E-state index is 5.27. The molecule has 0 bridgehead atoms. The number of methoxy groups -OCH3 is 1. The van der Waals surface area contributed by atoms with Gasteiger partial charge in [0.25, 0.3) is 0 Å². The molecule has 6 nitrogen and oxygen atoms in total. The van der Waals surface area contributed by atoms with Gasteiger partial charge in [0.15, 0.2) is 0 Å².